The standard InChI is InChI=1S/C13H17NO3S/c1-9(12(15)14-10-5-2-3-6-10)17-13(16)11-7-4-8-18-11/h4,7-10H,2-3,5-6H2,1H3,(H,14,15). The first-order chi connectivity index (χ1) is 8.66. The summed E-state index contributed by atoms with van der Waals surface area (Å²) in [5.74, 6) is -0.633. The van der Waals surface area contributed by atoms with E-state index in [0.29, 0.717) is 4.88 Å². The molecular formula is C13H17NO3S. The zero-order chi connectivity index (χ0) is 13.0. The molecule has 0 radical (unpaired) electrons. The zero-order valence-electron chi connectivity index (χ0n) is 10.3. The van der Waals surface area contributed by atoms with Gasteiger partial charge in [-0.25, -0.2) is 4.79 Å². The van der Waals surface area contributed by atoms with Crippen molar-refractivity contribution in [1.82, 2.24) is 5.32 Å². The molecule has 1 fully saturated rings. The van der Waals surface area contributed by atoms with Gasteiger partial charge in [0.05, 0.1) is 0 Å². The van der Waals surface area contributed by atoms with Crippen LogP contribution < -0.4 is 5.32 Å². The molecule has 1 amide bonds. The second-order valence-corrected chi connectivity index (χ2v) is 5.46. The summed E-state index contributed by atoms with van der Waals surface area (Å²) in [6, 6.07) is 3.72. The Balaban J connectivity index is 1.81. The molecule has 1 aromatic rings. The van der Waals surface area contributed by atoms with Gasteiger partial charge in [-0.05, 0) is 31.2 Å². The van der Waals surface area contributed by atoms with Crippen LogP contribution >= 0.6 is 11.3 Å². The monoisotopic (exact) mass is 267 g/mol. The van der Waals surface area contributed by atoms with Crippen LogP contribution in [0.15, 0.2) is 17.5 Å². The molecule has 1 aliphatic rings. The molecule has 0 saturated heterocycles. The van der Waals surface area contributed by atoms with E-state index in [1.54, 1.807) is 24.4 Å². The van der Waals surface area contributed by atoms with Gasteiger partial charge in [-0.3, -0.25) is 4.79 Å². The first kappa shape index (κ1) is 13.1. The van der Waals surface area contributed by atoms with Crippen molar-refractivity contribution in [3.8, 4) is 0 Å². The summed E-state index contributed by atoms with van der Waals surface area (Å²) in [4.78, 5) is 24.0. The average Bonchev–Trinajstić information content (AvgIpc) is 3.01. The maximum absolute atomic E-state index is 11.8. The fraction of sp³-hybridized carbons (Fsp3) is 0.538. The van der Waals surface area contributed by atoms with Crippen LogP contribution in [0.4, 0.5) is 0 Å². The van der Waals surface area contributed by atoms with E-state index in [0.717, 1.165) is 25.7 Å². The summed E-state index contributed by atoms with van der Waals surface area (Å²) in [5.41, 5.74) is 0. The minimum Gasteiger partial charge on any atom is -0.448 e. The Labute approximate surface area is 110 Å². The summed E-state index contributed by atoms with van der Waals surface area (Å²) < 4.78 is 5.13. The summed E-state index contributed by atoms with van der Waals surface area (Å²) in [5, 5.41) is 4.72. The van der Waals surface area contributed by atoms with Crippen LogP contribution in [0, 0.1) is 0 Å². The van der Waals surface area contributed by atoms with Crippen molar-refractivity contribution in [3.05, 3.63) is 22.4 Å². The molecule has 18 heavy (non-hydrogen) atoms. The van der Waals surface area contributed by atoms with E-state index in [1.165, 1.54) is 11.3 Å². The number of rotatable bonds is 4. The highest BCUT2D eigenvalue weighted by molar-refractivity contribution is 7.11. The fourth-order valence-electron chi connectivity index (χ4n) is 2.06. The van der Waals surface area contributed by atoms with Gasteiger partial charge in [-0.15, -0.1) is 11.3 Å². The number of esters is 1. The van der Waals surface area contributed by atoms with E-state index < -0.39 is 12.1 Å². The van der Waals surface area contributed by atoms with Crippen LogP contribution in [-0.2, 0) is 9.53 Å². The third kappa shape index (κ3) is 3.32. The van der Waals surface area contributed by atoms with Crippen molar-refractivity contribution in [3.63, 3.8) is 0 Å². The number of hydrogen-bond donors (Lipinski definition) is 1. The molecule has 5 heteroatoms. The number of carbonyl (C=O) groups is 2. The van der Waals surface area contributed by atoms with Crippen molar-refractivity contribution in [2.24, 2.45) is 0 Å². The summed E-state index contributed by atoms with van der Waals surface area (Å²) in [7, 11) is 0. The Hall–Kier alpha value is -1.36. The van der Waals surface area contributed by atoms with Gasteiger partial charge < -0.3 is 10.1 Å². The number of thiophene rings is 1. The Morgan fingerprint density at radius 3 is 2.78 bits per heavy atom. The summed E-state index contributed by atoms with van der Waals surface area (Å²) >= 11 is 1.31. The van der Waals surface area contributed by atoms with Crippen molar-refractivity contribution in [2.45, 2.75) is 44.8 Å². The second-order valence-electron chi connectivity index (χ2n) is 4.51. The first-order valence-electron chi connectivity index (χ1n) is 6.21. The van der Waals surface area contributed by atoms with Gasteiger partial charge in [0.1, 0.15) is 4.88 Å². The van der Waals surface area contributed by atoms with Gasteiger partial charge >= 0.3 is 5.97 Å². The molecule has 0 aliphatic heterocycles. The highest BCUT2D eigenvalue weighted by Gasteiger charge is 2.23. The topological polar surface area (TPSA) is 55.4 Å². The SMILES string of the molecule is CC(OC(=O)c1cccs1)C(=O)NC1CCCC1. The van der Waals surface area contributed by atoms with E-state index in [-0.39, 0.29) is 11.9 Å². The number of hydrogen-bond acceptors (Lipinski definition) is 4. The molecule has 1 unspecified atom stereocenters. The van der Waals surface area contributed by atoms with Gasteiger partial charge in [0.15, 0.2) is 6.10 Å². The number of nitrogens with one attached hydrogen (secondary N) is 1. The number of carbonyl (C=O) groups excluding carboxylic acids is 2. The predicted molar refractivity (Wildman–Crippen MR) is 69.6 cm³/mol. The van der Waals surface area contributed by atoms with E-state index in [4.69, 9.17) is 4.74 Å². The Morgan fingerprint density at radius 2 is 2.17 bits per heavy atom. The molecule has 2 rings (SSSR count). The molecule has 1 aliphatic carbocycles. The minimum absolute atomic E-state index is 0.202. The summed E-state index contributed by atoms with van der Waals surface area (Å²) in [6.07, 6.45) is 3.64. The quantitative estimate of drug-likeness (QED) is 0.852. The van der Waals surface area contributed by atoms with Crippen molar-refractivity contribution in [2.75, 3.05) is 0 Å². The second kappa shape index (κ2) is 6.00. The minimum atomic E-state index is -0.736. The van der Waals surface area contributed by atoms with Crippen LogP contribution in [0.3, 0.4) is 0 Å². The van der Waals surface area contributed by atoms with Crippen molar-refractivity contribution < 1.29 is 14.3 Å². The lowest BCUT2D eigenvalue weighted by Gasteiger charge is -2.16. The molecule has 1 aromatic heterocycles. The maximum atomic E-state index is 11.8. The smallest absolute Gasteiger partial charge is 0.349 e. The first-order valence-corrected chi connectivity index (χ1v) is 7.09. The normalized spacial score (nSPS) is 17.4. The molecule has 0 spiro atoms. The van der Waals surface area contributed by atoms with Crippen LogP contribution in [0.25, 0.3) is 0 Å². The van der Waals surface area contributed by atoms with Crippen LogP contribution in [0.5, 0.6) is 0 Å². The highest BCUT2D eigenvalue weighted by atomic mass is 32.1. The van der Waals surface area contributed by atoms with Gasteiger partial charge in [0.25, 0.3) is 5.91 Å². The van der Waals surface area contributed by atoms with E-state index in [9.17, 15) is 9.59 Å². The maximum Gasteiger partial charge on any atom is 0.349 e. The molecule has 1 N–H and O–H groups in total. The van der Waals surface area contributed by atoms with E-state index in [2.05, 4.69) is 5.32 Å². The van der Waals surface area contributed by atoms with Gasteiger partial charge in [-0.1, -0.05) is 18.9 Å². The lowest BCUT2D eigenvalue weighted by Crippen LogP contribution is -2.40. The predicted octanol–water partition coefficient (Wildman–Crippen LogP) is 2.35. The average molecular weight is 267 g/mol. The molecular weight excluding hydrogens is 250 g/mol. The van der Waals surface area contributed by atoms with E-state index >= 15 is 0 Å². The largest absolute Gasteiger partial charge is 0.448 e. The Bertz CT molecular complexity index is 410. The molecule has 1 atom stereocenters. The van der Waals surface area contributed by atoms with Gasteiger partial charge in [-0.2, -0.15) is 0 Å². The van der Waals surface area contributed by atoms with Crippen LogP contribution in [-0.4, -0.2) is 24.0 Å². The highest BCUT2D eigenvalue weighted by Crippen LogP contribution is 2.18. The third-order valence-corrected chi connectivity index (χ3v) is 3.93. The Kier molecular flexibility index (Phi) is 4.36. The molecule has 1 heterocycles. The Morgan fingerprint density at radius 1 is 1.44 bits per heavy atom. The number of amides is 1. The molecule has 1 saturated carbocycles. The molecule has 4 nitrogen and oxygen atoms in total. The molecule has 0 bridgehead atoms. The molecule has 98 valence electrons. The van der Waals surface area contributed by atoms with Crippen LogP contribution in [0.1, 0.15) is 42.3 Å². The van der Waals surface area contributed by atoms with Gasteiger partial charge in [0, 0.05) is 6.04 Å². The third-order valence-electron chi connectivity index (χ3n) is 3.08. The molecule has 0 aromatic carbocycles. The summed E-state index contributed by atoms with van der Waals surface area (Å²) in [6.45, 7) is 1.61. The lowest BCUT2D eigenvalue weighted by molar-refractivity contribution is -0.129. The van der Waals surface area contributed by atoms with Crippen LogP contribution in [0.2, 0.25) is 0 Å². The fourth-order valence-corrected chi connectivity index (χ4v) is 2.66. The zero-order valence-corrected chi connectivity index (χ0v) is 11.2. The van der Waals surface area contributed by atoms with Crippen molar-refractivity contribution in [1.29, 1.82) is 0 Å². The van der Waals surface area contributed by atoms with Crippen molar-refractivity contribution >= 4 is 23.2 Å². The van der Waals surface area contributed by atoms with Gasteiger partial charge in [0.2, 0.25) is 0 Å². The lowest BCUT2D eigenvalue weighted by atomic mass is 10.2. The number of ether oxygens (including phenoxy) is 1. The van der Waals surface area contributed by atoms with E-state index in [1.807, 2.05) is 0 Å².